The number of rotatable bonds is 8. The van der Waals surface area contributed by atoms with Crippen molar-refractivity contribution in [1.82, 2.24) is 4.90 Å². The fraction of sp³-hybridized carbons (Fsp3) is 0.333. The summed E-state index contributed by atoms with van der Waals surface area (Å²) in [5.41, 5.74) is 2.04. The van der Waals surface area contributed by atoms with E-state index in [0.717, 1.165) is 21.9 Å². The van der Waals surface area contributed by atoms with Gasteiger partial charge in [0.15, 0.2) is 0 Å². The summed E-state index contributed by atoms with van der Waals surface area (Å²) < 4.78 is 10.9. The summed E-state index contributed by atoms with van der Waals surface area (Å²) >= 11 is 0. The Balaban J connectivity index is 1.57. The van der Waals surface area contributed by atoms with E-state index in [4.69, 9.17) is 9.47 Å². The first-order chi connectivity index (χ1) is 15.5. The molecule has 0 bridgehead atoms. The van der Waals surface area contributed by atoms with Crippen molar-refractivity contribution in [3.8, 4) is 0 Å². The van der Waals surface area contributed by atoms with E-state index in [9.17, 15) is 9.59 Å². The van der Waals surface area contributed by atoms with Gasteiger partial charge in [-0.1, -0.05) is 86.6 Å². The lowest BCUT2D eigenvalue weighted by Gasteiger charge is -2.32. The highest BCUT2D eigenvalue weighted by Crippen LogP contribution is 2.28. The van der Waals surface area contributed by atoms with Gasteiger partial charge in [0.25, 0.3) is 0 Å². The molecule has 3 aromatic rings. The number of nitrogens with zero attached hydrogens (tertiary/aromatic N) is 1. The molecule has 5 nitrogen and oxygen atoms in total. The summed E-state index contributed by atoms with van der Waals surface area (Å²) in [7, 11) is 0. The molecule has 5 heteroatoms. The smallest absolute Gasteiger partial charge is 0.410 e. The Bertz CT molecular complexity index is 1070. The summed E-state index contributed by atoms with van der Waals surface area (Å²) in [6, 6.07) is 23.5. The Hall–Kier alpha value is -3.34. The van der Waals surface area contributed by atoms with Gasteiger partial charge in [0.2, 0.25) is 0 Å². The van der Waals surface area contributed by atoms with Gasteiger partial charge in [0.1, 0.15) is 13.2 Å². The minimum absolute atomic E-state index is 0.0654. The quantitative estimate of drug-likeness (QED) is 0.451. The van der Waals surface area contributed by atoms with Crippen LogP contribution in [0.2, 0.25) is 0 Å². The third-order valence-corrected chi connectivity index (χ3v) is 6.09. The Labute approximate surface area is 188 Å². The molecule has 1 aliphatic rings. The molecule has 4 rings (SSSR count). The van der Waals surface area contributed by atoms with Crippen LogP contribution in [0, 0.1) is 5.92 Å². The van der Waals surface area contributed by atoms with E-state index in [0.29, 0.717) is 13.0 Å². The largest absolute Gasteiger partial charge is 0.461 e. The van der Waals surface area contributed by atoms with E-state index in [1.165, 1.54) is 0 Å². The molecule has 1 saturated heterocycles. The van der Waals surface area contributed by atoms with Crippen LogP contribution in [-0.4, -0.2) is 35.7 Å². The van der Waals surface area contributed by atoms with Crippen LogP contribution in [0.25, 0.3) is 10.8 Å². The highest BCUT2D eigenvalue weighted by Gasteiger charge is 2.40. The van der Waals surface area contributed by atoms with Crippen molar-refractivity contribution < 1.29 is 19.1 Å². The van der Waals surface area contributed by atoms with Gasteiger partial charge in [0.05, 0.1) is 18.5 Å². The van der Waals surface area contributed by atoms with E-state index in [1.54, 1.807) is 4.90 Å². The number of fused-ring (bicyclic) bond motifs is 1. The van der Waals surface area contributed by atoms with Crippen LogP contribution in [-0.2, 0) is 27.3 Å². The summed E-state index contributed by atoms with van der Waals surface area (Å²) in [6.07, 6.45) is 0.318. The zero-order valence-electron chi connectivity index (χ0n) is 18.6. The van der Waals surface area contributed by atoms with Crippen molar-refractivity contribution in [2.75, 3.05) is 6.61 Å². The molecule has 166 valence electrons. The Morgan fingerprint density at radius 1 is 1.03 bits per heavy atom. The lowest BCUT2D eigenvalue weighted by Crippen LogP contribution is -2.46. The summed E-state index contributed by atoms with van der Waals surface area (Å²) in [5, 5.41) is 2.27. The second kappa shape index (κ2) is 9.86. The first kappa shape index (κ1) is 21.9. The molecule has 32 heavy (non-hydrogen) atoms. The van der Waals surface area contributed by atoms with E-state index in [-0.39, 0.29) is 43.1 Å². The average molecular weight is 432 g/mol. The van der Waals surface area contributed by atoms with Gasteiger partial charge in [-0.2, -0.15) is 0 Å². The third-order valence-electron chi connectivity index (χ3n) is 6.09. The fourth-order valence-corrected chi connectivity index (χ4v) is 4.36. The number of benzene rings is 3. The van der Waals surface area contributed by atoms with Crippen molar-refractivity contribution in [2.24, 2.45) is 5.92 Å². The highest BCUT2D eigenvalue weighted by atomic mass is 16.6. The van der Waals surface area contributed by atoms with Crippen LogP contribution in [0.5, 0.6) is 0 Å². The van der Waals surface area contributed by atoms with Gasteiger partial charge in [-0.15, -0.1) is 0 Å². The van der Waals surface area contributed by atoms with Crippen molar-refractivity contribution in [1.29, 1.82) is 0 Å². The zero-order valence-corrected chi connectivity index (χ0v) is 18.6. The maximum Gasteiger partial charge on any atom is 0.410 e. The number of ether oxygens (including phenoxy) is 2. The minimum Gasteiger partial charge on any atom is -0.461 e. The molecule has 0 spiro atoms. The molecule has 0 aromatic heterocycles. The highest BCUT2D eigenvalue weighted by molar-refractivity contribution is 5.86. The molecule has 0 N–H and O–H groups in total. The predicted molar refractivity (Wildman–Crippen MR) is 124 cm³/mol. The minimum atomic E-state index is -0.357. The van der Waals surface area contributed by atoms with Gasteiger partial charge < -0.3 is 9.47 Å². The molecular formula is C27H29NO4. The van der Waals surface area contributed by atoms with Crippen LogP contribution >= 0.6 is 0 Å². The van der Waals surface area contributed by atoms with Crippen molar-refractivity contribution >= 4 is 22.8 Å². The molecule has 0 aliphatic carbocycles. The maximum absolute atomic E-state index is 12.8. The van der Waals surface area contributed by atoms with Crippen molar-refractivity contribution in [3.05, 3.63) is 83.9 Å². The van der Waals surface area contributed by atoms with Crippen LogP contribution in [0.1, 0.15) is 31.4 Å². The standard InChI is InChI=1S/C27H29NO4/c1-19(2)25-18-32-27(30)28(25)23(16-26(29)31-17-20-9-4-3-5-10-20)15-22-13-8-12-21-11-6-7-14-24(21)22/h3-14,19,23,25H,15-18H2,1-2H3/t23-,25-/m1/s1. The van der Waals surface area contributed by atoms with E-state index in [2.05, 4.69) is 38.1 Å². The molecule has 1 heterocycles. The second-order valence-electron chi connectivity index (χ2n) is 8.64. The zero-order chi connectivity index (χ0) is 22.5. The van der Waals surface area contributed by atoms with E-state index < -0.39 is 0 Å². The van der Waals surface area contributed by atoms with E-state index in [1.807, 2.05) is 48.5 Å². The molecule has 0 radical (unpaired) electrons. The normalized spacial score (nSPS) is 16.9. The molecule has 0 saturated carbocycles. The summed E-state index contributed by atoms with van der Waals surface area (Å²) in [5.74, 6) is -0.0990. The average Bonchev–Trinajstić information content (AvgIpc) is 3.20. The number of carbonyl (C=O) groups is 2. The molecule has 3 aromatic carbocycles. The Morgan fingerprint density at radius 2 is 1.75 bits per heavy atom. The van der Waals surface area contributed by atoms with Crippen LogP contribution in [0.15, 0.2) is 72.8 Å². The first-order valence-corrected chi connectivity index (χ1v) is 11.1. The molecule has 1 amide bonds. The third kappa shape index (κ3) is 4.93. The number of carbonyl (C=O) groups excluding carboxylic acids is 2. The predicted octanol–water partition coefficient (Wildman–Crippen LogP) is 5.36. The van der Waals surface area contributed by atoms with Crippen molar-refractivity contribution in [2.45, 2.75) is 45.4 Å². The lowest BCUT2D eigenvalue weighted by molar-refractivity contribution is -0.146. The van der Waals surface area contributed by atoms with Crippen molar-refractivity contribution in [3.63, 3.8) is 0 Å². The van der Waals surface area contributed by atoms with Gasteiger partial charge in [-0.25, -0.2) is 4.79 Å². The van der Waals surface area contributed by atoms with Gasteiger partial charge in [0, 0.05) is 0 Å². The summed E-state index contributed by atoms with van der Waals surface area (Å²) in [4.78, 5) is 27.3. The molecular weight excluding hydrogens is 402 g/mol. The lowest BCUT2D eigenvalue weighted by atomic mass is 9.94. The SMILES string of the molecule is CC(C)[C@H]1COC(=O)N1[C@@H](CC(=O)OCc1ccccc1)Cc1cccc2ccccc12. The monoisotopic (exact) mass is 431 g/mol. The summed E-state index contributed by atoms with van der Waals surface area (Å²) in [6.45, 7) is 4.71. The van der Waals surface area contributed by atoms with Gasteiger partial charge >= 0.3 is 12.1 Å². The number of esters is 1. The topological polar surface area (TPSA) is 55.8 Å². The number of cyclic esters (lactones) is 1. The van der Waals surface area contributed by atoms with E-state index >= 15 is 0 Å². The Morgan fingerprint density at radius 3 is 2.53 bits per heavy atom. The fourth-order valence-electron chi connectivity index (χ4n) is 4.36. The number of hydrogen-bond acceptors (Lipinski definition) is 4. The molecule has 1 fully saturated rings. The maximum atomic E-state index is 12.8. The molecule has 1 aliphatic heterocycles. The molecule has 2 atom stereocenters. The van der Waals surface area contributed by atoms with Crippen LogP contribution in [0.3, 0.4) is 0 Å². The van der Waals surface area contributed by atoms with Crippen LogP contribution in [0.4, 0.5) is 4.79 Å². The number of amides is 1. The molecule has 0 unspecified atom stereocenters. The van der Waals surface area contributed by atoms with Gasteiger partial charge in [-0.05, 0) is 34.2 Å². The Kier molecular flexibility index (Phi) is 6.74. The first-order valence-electron chi connectivity index (χ1n) is 11.1. The number of hydrogen-bond donors (Lipinski definition) is 0. The van der Waals surface area contributed by atoms with Crippen LogP contribution < -0.4 is 0 Å². The second-order valence-corrected chi connectivity index (χ2v) is 8.64. The van der Waals surface area contributed by atoms with Gasteiger partial charge in [-0.3, -0.25) is 9.69 Å².